The number of halogens is 1. The molecule has 1 N–H and O–H groups in total. The Morgan fingerprint density at radius 3 is 2.69 bits per heavy atom. The second-order valence-electron chi connectivity index (χ2n) is 6.04. The molecule has 0 saturated carbocycles. The zero-order valence-electron chi connectivity index (χ0n) is 15.7. The number of aromatic nitrogens is 1. The zero-order chi connectivity index (χ0) is 20.6. The summed E-state index contributed by atoms with van der Waals surface area (Å²) in [6.07, 6.45) is 0.761. The van der Waals surface area contributed by atoms with E-state index in [1.165, 1.54) is 18.2 Å². The Labute approximate surface area is 166 Å². The molecule has 3 aromatic rings. The Morgan fingerprint density at radius 2 is 1.97 bits per heavy atom. The molecule has 0 bridgehead atoms. The molecule has 0 unspecified atom stereocenters. The van der Waals surface area contributed by atoms with E-state index >= 15 is 0 Å². The molecule has 0 atom stereocenters. The van der Waals surface area contributed by atoms with Crippen molar-refractivity contribution in [3.8, 4) is 17.0 Å². The lowest BCUT2D eigenvalue weighted by atomic mass is 10.1. The monoisotopic (exact) mass is 398 g/mol. The summed E-state index contributed by atoms with van der Waals surface area (Å²) in [5.74, 6) is -0.951. The van der Waals surface area contributed by atoms with E-state index in [1.807, 2.05) is 6.92 Å². The third-order valence-electron chi connectivity index (χ3n) is 3.89. The van der Waals surface area contributed by atoms with Gasteiger partial charge in [-0.3, -0.25) is 0 Å². The molecule has 0 aliphatic rings. The third kappa shape index (κ3) is 5.19. The summed E-state index contributed by atoms with van der Waals surface area (Å²) in [5.41, 5.74) is 1.51. The average Bonchev–Trinajstić information content (AvgIpc) is 3.21. The molecule has 150 valence electrons. The molecule has 29 heavy (non-hydrogen) atoms. The fourth-order valence-corrected chi connectivity index (χ4v) is 2.44. The summed E-state index contributed by atoms with van der Waals surface area (Å²) in [5, 5.41) is 17.3. The van der Waals surface area contributed by atoms with Gasteiger partial charge in [-0.1, -0.05) is 29.4 Å². The third-order valence-corrected chi connectivity index (χ3v) is 3.89. The van der Waals surface area contributed by atoms with E-state index in [-0.39, 0.29) is 23.7 Å². The summed E-state index contributed by atoms with van der Waals surface area (Å²) in [6.45, 7) is 2.25. The molecule has 0 aliphatic carbocycles. The highest BCUT2D eigenvalue weighted by molar-refractivity contribution is 6.00. The molecule has 0 radical (unpaired) electrons. The molecule has 3 rings (SSSR count). The SMILES string of the molecule is CCCON=C(COc1ccccc1C(=O)O)c1cc(-c2ccc(F)cc2)no1. The Kier molecular flexibility index (Phi) is 6.57. The first-order valence-electron chi connectivity index (χ1n) is 8.95. The van der Waals surface area contributed by atoms with Crippen molar-refractivity contribution in [2.24, 2.45) is 5.16 Å². The first-order chi connectivity index (χ1) is 14.1. The summed E-state index contributed by atoms with van der Waals surface area (Å²) in [6, 6.07) is 13.7. The Balaban J connectivity index is 1.82. The van der Waals surface area contributed by atoms with Crippen LogP contribution in [0.1, 0.15) is 29.5 Å². The predicted octanol–water partition coefficient (Wildman–Crippen LogP) is 4.39. The number of carboxylic acids is 1. The van der Waals surface area contributed by atoms with Gasteiger partial charge < -0.3 is 19.2 Å². The highest BCUT2D eigenvalue weighted by atomic mass is 19.1. The van der Waals surface area contributed by atoms with Gasteiger partial charge in [0.05, 0.1) is 0 Å². The molecule has 1 heterocycles. The minimum atomic E-state index is -1.10. The minimum Gasteiger partial charge on any atom is -0.486 e. The molecular formula is C21H19FN2O5. The number of aromatic carboxylic acids is 1. The number of para-hydroxylation sites is 1. The fraction of sp³-hybridized carbons (Fsp3) is 0.190. The second-order valence-corrected chi connectivity index (χ2v) is 6.04. The van der Waals surface area contributed by atoms with Gasteiger partial charge in [0, 0.05) is 11.6 Å². The van der Waals surface area contributed by atoms with Crippen molar-refractivity contribution in [2.75, 3.05) is 13.2 Å². The van der Waals surface area contributed by atoms with Gasteiger partial charge >= 0.3 is 5.97 Å². The van der Waals surface area contributed by atoms with Gasteiger partial charge in [0.1, 0.15) is 36.0 Å². The molecule has 2 aromatic carbocycles. The minimum absolute atomic E-state index is 0.0332. The van der Waals surface area contributed by atoms with E-state index < -0.39 is 5.97 Å². The van der Waals surface area contributed by atoms with Gasteiger partial charge in [0.2, 0.25) is 0 Å². The van der Waals surface area contributed by atoms with Crippen LogP contribution in [0.3, 0.4) is 0 Å². The van der Waals surface area contributed by atoms with Crippen LogP contribution in [0.5, 0.6) is 5.75 Å². The van der Waals surface area contributed by atoms with Crippen molar-refractivity contribution in [1.29, 1.82) is 0 Å². The first-order valence-corrected chi connectivity index (χ1v) is 8.95. The van der Waals surface area contributed by atoms with Crippen LogP contribution in [-0.4, -0.2) is 35.2 Å². The summed E-state index contributed by atoms with van der Waals surface area (Å²) < 4.78 is 24.1. The molecule has 0 saturated heterocycles. The van der Waals surface area contributed by atoms with Gasteiger partial charge in [0.25, 0.3) is 0 Å². The Bertz CT molecular complexity index is 998. The van der Waals surface area contributed by atoms with E-state index in [4.69, 9.17) is 14.1 Å². The van der Waals surface area contributed by atoms with Crippen LogP contribution in [0.25, 0.3) is 11.3 Å². The van der Waals surface area contributed by atoms with E-state index in [1.54, 1.807) is 36.4 Å². The quantitative estimate of drug-likeness (QED) is 0.326. The number of hydrogen-bond donors (Lipinski definition) is 1. The van der Waals surface area contributed by atoms with Crippen molar-refractivity contribution in [1.82, 2.24) is 5.16 Å². The number of oxime groups is 1. The Morgan fingerprint density at radius 1 is 1.21 bits per heavy atom. The van der Waals surface area contributed by atoms with Crippen LogP contribution < -0.4 is 4.74 Å². The molecule has 8 heteroatoms. The number of benzene rings is 2. The fourth-order valence-electron chi connectivity index (χ4n) is 2.44. The van der Waals surface area contributed by atoms with Gasteiger partial charge in [-0.05, 0) is 42.8 Å². The number of rotatable bonds is 9. The maximum absolute atomic E-state index is 13.1. The largest absolute Gasteiger partial charge is 0.486 e. The van der Waals surface area contributed by atoms with Crippen LogP contribution in [0.15, 0.2) is 64.3 Å². The lowest BCUT2D eigenvalue weighted by Gasteiger charge is -2.09. The van der Waals surface area contributed by atoms with Gasteiger partial charge in [-0.2, -0.15) is 0 Å². The molecular weight excluding hydrogens is 379 g/mol. The van der Waals surface area contributed by atoms with Gasteiger partial charge in [0.15, 0.2) is 11.5 Å². The summed E-state index contributed by atoms with van der Waals surface area (Å²) in [7, 11) is 0. The van der Waals surface area contributed by atoms with Crippen LogP contribution in [0.4, 0.5) is 4.39 Å². The van der Waals surface area contributed by atoms with Crippen molar-refractivity contribution in [3.05, 3.63) is 71.7 Å². The zero-order valence-corrected chi connectivity index (χ0v) is 15.7. The highest BCUT2D eigenvalue weighted by Gasteiger charge is 2.17. The lowest BCUT2D eigenvalue weighted by Crippen LogP contribution is -2.15. The molecule has 1 aromatic heterocycles. The predicted molar refractivity (Wildman–Crippen MR) is 104 cm³/mol. The molecule has 0 fully saturated rings. The van der Waals surface area contributed by atoms with Crippen molar-refractivity contribution >= 4 is 11.7 Å². The van der Waals surface area contributed by atoms with Gasteiger partial charge in [-0.15, -0.1) is 0 Å². The van der Waals surface area contributed by atoms with E-state index in [2.05, 4.69) is 10.3 Å². The molecule has 0 amide bonds. The normalized spacial score (nSPS) is 11.3. The van der Waals surface area contributed by atoms with E-state index in [0.29, 0.717) is 29.3 Å². The van der Waals surface area contributed by atoms with E-state index in [9.17, 15) is 14.3 Å². The van der Waals surface area contributed by atoms with Crippen molar-refractivity contribution < 1.29 is 28.4 Å². The maximum Gasteiger partial charge on any atom is 0.339 e. The molecule has 0 spiro atoms. The summed E-state index contributed by atoms with van der Waals surface area (Å²) >= 11 is 0. The van der Waals surface area contributed by atoms with Crippen LogP contribution in [0.2, 0.25) is 0 Å². The van der Waals surface area contributed by atoms with Crippen molar-refractivity contribution in [3.63, 3.8) is 0 Å². The van der Waals surface area contributed by atoms with Crippen LogP contribution in [-0.2, 0) is 4.84 Å². The topological polar surface area (TPSA) is 94.2 Å². The first kappa shape index (κ1) is 20.1. The smallest absolute Gasteiger partial charge is 0.339 e. The average molecular weight is 398 g/mol. The summed E-state index contributed by atoms with van der Waals surface area (Å²) in [4.78, 5) is 16.6. The van der Waals surface area contributed by atoms with Crippen LogP contribution in [0, 0.1) is 5.82 Å². The number of nitrogens with zero attached hydrogens (tertiary/aromatic N) is 2. The number of hydrogen-bond acceptors (Lipinski definition) is 6. The lowest BCUT2D eigenvalue weighted by molar-refractivity contribution is 0.0693. The number of ether oxygens (including phenoxy) is 1. The van der Waals surface area contributed by atoms with E-state index in [0.717, 1.165) is 6.42 Å². The number of carboxylic acid groups (broad SMARTS) is 1. The standard InChI is InChI=1S/C21H19FN2O5/c1-2-11-28-23-18(13-27-19-6-4-3-5-16(19)21(25)26)20-12-17(24-29-20)14-7-9-15(22)10-8-14/h3-10,12H,2,11,13H2,1H3,(H,25,26). The highest BCUT2D eigenvalue weighted by Crippen LogP contribution is 2.21. The van der Waals surface area contributed by atoms with Crippen molar-refractivity contribution in [2.45, 2.75) is 13.3 Å². The second kappa shape index (κ2) is 9.50. The maximum atomic E-state index is 13.1. The Hall–Kier alpha value is -3.68. The van der Waals surface area contributed by atoms with Crippen LogP contribution >= 0.6 is 0 Å². The number of carbonyl (C=O) groups is 1. The molecule has 0 aliphatic heterocycles. The van der Waals surface area contributed by atoms with Gasteiger partial charge in [-0.25, -0.2) is 9.18 Å². The molecule has 7 nitrogen and oxygen atoms in total.